The van der Waals surface area contributed by atoms with Crippen LogP contribution in [0, 0.1) is 0 Å². The Kier molecular flexibility index (Phi) is 3.51. The molecule has 0 fully saturated rings. The predicted molar refractivity (Wildman–Crippen MR) is 67.2 cm³/mol. The van der Waals surface area contributed by atoms with E-state index in [1.807, 2.05) is 24.5 Å². The molecule has 1 nitrogen and oxygen atoms in total. The minimum absolute atomic E-state index is 1.01. The van der Waals surface area contributed by atoms with Gasteiger partial charge >= 0.3 is 0 Å². The first kappa shape index (κ1) is 10.4. The molecule has 0 saturated carbocycles. The summed E-state index contributed by atoms with van der Waals surface area (Å²) in [6, 6.07) is 12.7. The third-order valence-electron chi connectivity index (χ3n) is 2.32. The van der Waals surface area contributed by atoms with Gasteiger partial charge in [0.1, 0.15) is 0 Å². The minimum atomic E-state index is 1.01. The zero-order chi connectivity index (χ0) is 10.5. The van der Waals surface area contributed by atoms with Crippen molar-refractivity contribution in [2.24, 2.45) is 0 Å². The standard InChI is InChI=1S/C13H12BrN/c14-7-4-11-2-1-3-13(10-11)12-5-8-15-9-6-12/h1-3,5-6,8-10H,4,7H2. The Labute approximate surface area is 98.3 Å². The maximum atomic E-state index is 4.02. The van der Waals surface area contributed by atoms with Crippen molar-refractivity contribution < 1.29 is 0 Å². The lowest BCUT2D eigenvalue weighted by molar-refractivity contribution is 1.17. The molecule has 1 heterocycles. The van der Waals surface area contributed by atoms with Gasteiger partial charge in [-0.3, -0.25) is 4.98 Å². The second-order valence-electron chi connectivity index (χ2n) is 3.38. The van der Waals surface area contributed by atoms with Crippen LogP contribution in [-0.2, 0) is 6.42 Å². The average Bonchev–Trinajstić information content (AvgIpc) is 2.31. The highest BCUT2D eigenvalue weighted by atomic mass is 79.9. The molecule has 0 radical (unpaired) electrons. The molecule has 2 aromatic rings. The molecule has 76 valence electrons. The predicted octanol–water partition coefficient (Wildman–Crippen LogP) is 3.69. The van der Waals surface area contributed by atoms with E-state index >= 15 is 0 Å². The van der Waals surface area contributed by atoms with Crippen LogP contribution in [0.5, 0.6) is 0 Å². The average molecular weight is 262 g/mol. The molecule has 1 aromatic heterocycles. The summed E-state index contributed by atoms with van der Waals surface area (Å²) in [4.78, 5) is 4.02. The van der Waals surface area contributed by atoms with Crippen LogP contribution >= 0.6 is 15.9 Å². The van der Waals surface area contributed by atoms with Crippen molar-refractivity contribution in [3.05, 3.63) is 54.4 Å². The van der Waals surface area contributed by atoms with Gasteiger partial charge in [0.2, 0.25) is 0 Å². The Morgan fingerprint density at radius 1 is 1.00 bits per heavy atom. The van der Waals surface area contributed by atoms with Gasteiger partial charge in [-0.05, 0) is 35.2 Å². The largest absolute Gasteiger partial charge is 0.265 e. The maximum absolute atomic E-state index is 4.02. The molecule has 0 unspecified atom stereocenters. The van der Waals surface area contributed by atoms with Crippen molar-refractivity contribution in [1.29, 1.82) is 0 Å². The highest BCUT2D eigenvalue weighted by Crippen LogP contribution is 2.19. The van der Waals surface area contributed by atoms with Gasteiger partial charge in [0.25, 0.3) is 0 Å². The molecule has 0 spiro atoms. The van der Waals surface area contributed by atoms with E-state index in [0.717, 1.165) is 11.8 Å². The van der Waals surface area contributed by atoms with E-state index in [1.165, 1.54) is 16.7 Å². The van der Waals surface area contributed by atoms with E-state index in [1.54, 1.807) is 0 Å². The van der Waals surface area contributed by atoms with E-state index in [9.17, 15) is 0 Å². The van der Waals surface area contributed by atoms with Crippen LogP contribution in [-0.4, -0.2) is 10.3 Å². The van der Waals surface area contributed by atoms with E-state index in [0.29, 0.717) is 0 Å². The van der Waals surface area contributed by atoms with Crippen molar-refractivity contribution >= 4 is 15.9 Å². The molecule has 2 rings (SSSR count). The second kappa shape index (κ2) is 5.08. The zero-order valence-corrected chi connectivity index (χ0v) is 9.94. The highest BCUT2D eigenvalue weighted by molar-refractivity contribution is 9.09. The summed E-state index contributed by atoms with van der Waals surface area (Å²) in [5.74, 6) is 0. The van der Waals surface area contributed by atoms with Crippen LogP contribution in [0.15, 0.2) is 48.8 Å². The second-order valence-corrected chi connectivity index (χ2v) is 4.17. The zero-order valence-electron chi connectivity index (χ0n) is 8.36. The van der Waals surface area contributed by atoms with Gasteiger partial charge in [-0.1, -0.05) is 40.2 Å². The van der Waals surface area contributed by atoms with Crippen LogP contribution < -0.4 is 0 Å². The Hall–Kier alpha value is -1.15. The van der Waals surface area contributed by atoms with Crippen molar-refractivity contribution in [3.8, 4) is 11.1 Å². The van der Waals surface area contributed by atoms with Crippen LogP contribution in [0.2, 0.25) is 0 Å². The summed E-state index contributed by atoms with van der Waals surface area (Å²) in [5.41, 5.74) is 3.85. The maximum Gasteiger partial charge on any atom is 0.0273 e. The van der Waals surface area contributed by atoms with E-state index in [4.69, 9.17) is 0 Å². The van der Waals surface area contributed by atoms with Crippen molar-refractivity contribution in [3.63, 3.8) is 0 Å². The number of aryl methyl sites for hydroxylation is 1. The van der Waals surface area contributed by atoms with Crippen LogP contribution in [0.1, 0.15) is 5.56 Å². The monoisotopic (exact) mass is 261 g/mol. The first-order chi connectivity index (χ1) is 7.40. The van der Waals surface area contributed by atoms with Crippen LogP contribution in [0.25, 0.3) is 11.1 Å². The fourth-order valence-electron chi connectivity index (χ4n) is 1.56. The summed E-state index contributed by atoms with van der Waals surface area (Å²) in [6.07, 6.45) is 4.72. The van der Waals surface area contributed by atoms with Gasteiger partial charge in [-0.25, -0.2) is 0 Å². The topological polar surface area (TPSA) is 12.9 Å². The highest BCUT2D eigenvalue weighted by Gasteiger charge is 1.98. The third-order valence-corrected chi connectivity index (χ3v) is 2.72. The number of alkyl halides is 1. The fraction of sp³-hybridized carbons (Fsp3) is 0.154. The summed E-state index contributed by atoms with van der Waals surface area (Å²) in [5, 5.41) is 1.01. The number of benzene rings is 1. The Balaban J connectivity index is 2.33. The van der Waals surface area contributed by atoms with Gasteiger partial charge in [0, 0.05) is 17.7 Å². The number of pyridine rings is 1. The summed E-state index contributed by atoms with van der Waals surface area (Å²) in [7, 11) is 0. The Morgan fingerprint density at radius 3 is 2.53 bits per heavy atom. The molecular formula is C13H12BrN. The number of hydrogen-bond donors (Lipinski definition) is 0. The minimum Gasteiger partial charge on any atom is -0.265 e. The molecule has 0 aliphatic heterocycles. The molecule has 0 bridgehead atoms. The molecular weight excluding hydrogens is 250 g/mol. The van der Waals surface area contributed by atoms with E-state index in [-0.39, 0.29) is 0 Å². The Bertz CT molecular complexity index is 426. The summed E-state index contributed by atoms with van der Waals surface area (Å²) in [6.45, 7) is 0. The normalized spacial score (nSPS) is 10.2. The van der Waals surface area contributed by atoms with Crippen molar-refractivity contribution in [2.75, 3.05) is 5.33 Å². The molecule has 1 aromatic carbocycles. The third kappa shape index (κ3) is 2.66. The quantitative estimate of drug-likeness (QED) is 0.769. The summed E-state index contributed by atoms with van der Waals surface area (Å²) >= 11 is 3.46. The SMILES string of the molecule is BrCCc1cccc(-c2ccncc2)c1. The van der Waals surface area contributed by atoms with Gasteiger partial charge < -0.3 is 0 Å². The lowest BCUT2D eigenvalue weighted by Crippen LogP contribution is -1.86. The Morgan fingerprint density at radius 2 is 1.80 bits per heavy atom. The number of hydrogen-bond acceptors (Lipinski definition) is 1. The van der Waals surface area contributed by atoms with Crippen molar-refractivity contribution in [2.45, 2.75) is 6.42 Å². The molecule has 0 aliphatic rings. The smallest absolute Gasteiger partial charge is 0.0273 e. The molecule has 0 aliphatic carbocycles. The first-order valence-electron chi connectivity index (χ1n) is 4.95. The van der Waals surface area contributed by atoms with Crippen molar-refractivity contribution in [1.82, 2.24) is 4.98 Å². The van der Waals surface area contributed by atoms with Gasteiger partial charge in [0.05, 0.1) is 0 Å². The summed E-state index contributed by atoms with van der Waals surface area (Å²) < 4.78 is 0. The van der Waals surface area contributed by atoms with E-state index < -0.39 is 0 Å². The van der Waals surface area contributed by atoms with Crippen LogP contribution in [0.4, 0.5) is 0 Å². The first-order valence-corrected chi connectivity index (χ1v) is 6.07. The lowest BCUT2D eigenvalue weighted by atomic mass is 10.0. The molecule has 0 N–H and O–H groups in total. The van der Waals surface area contributed by atoms with Gasteiger partial charge in [-0.2, -0.15) is 0 Å². The molecule has 0 saturated heterocycles. The lowest BCUT2D eigenvalue weighted by Gasteiger charge is -2.03. The number of aromatic nitrogens is 1. The molecule has 0 amide bonds. The van der Waals surface area contributed by atoms with Gasteiger partial charge in [0.15, 0.2) is 0 Å². The fourth-order valence-corrected chi connectivity index (χ4v) is 2.02. The molecule has 0 atom stereocenters. The number of rotatable bonds is 3. The molecule has 2 heteroatoms. The van der Waals surface area contributed by atoms with Crippen LogP contribution in [0.3, 0.4) is 0 Å². The number of halogens is 1. The number of nitrogens with zero attached hydrogens (tertiary/aromatic N) is 1. The van der Waals surface area contributed by atoms with E-state index in [2.05, 4.69) is 45.2 Å². The molecule has 15 heavy (non-hydrogen) atoms. The van der Waals surface area contributed by atoms with Gasteiger partial charge in [-0.15, -0.1) is 0 Å².